The number of nitrogens with one attached hydrogen (secondary N) is 2. The zero-order valence-corrected chi connectivity index (χ0v) is 17.1. The Morgan fingerprint density at radius 1 is 0.906 bits per heavy atom. The van der Waals surface area contributed by atoms with E-state index in [4.69, 9.17) is 0 Å². The summed E-state index contributed by atoms with van der Waals surface area (Å²) in [6, 6.07) is 12.4. The average molecular weight is 437 g/mol. The topological polar surface area (TPSA) is 80.2 Å². The first kappa shape index (κ1) is 21.4. The minimum atomic E-state index is -0.797. The van der Waals surface area contributed by atoms with E-state index in [9.17, 15) is 23.2 Å². The lowest BCUT2D eigenvalue weighted by Gasteiger charge is -2.12. The fraction of sp³-hybridized carbons (Fsp3) is 0.208. The van der Waals surface area contributed by atoms with E-state index in [-0.39, 0.29) is 35.8 Å². The molecule has 1 aliphatic rings. The van der Waals surface area contributed by atoms with E-state index in [1.807, 2.05) is 30.3 Å². The van der Waals surface area contributed by atoms with Crippen molar-refractivity contribution in [3.63, 3.8) is 0 Å². The monoisotopic (exact) mass is 437 g/mol. The van der Waals surface area contributed by atoms with Gasteiger partial charge in [0.1, 0.15) is 22.8 Å². The molecule has 164 valence electrons. The first-order valence-electron chi connectivity index (χ1n) is 10.2. The molecule has 1 heterocycles. The highest BCUT2D eigenvalue weighted by atomic mass is 19.1. The van der Waals surface area contributed by atoms with Crippen molar-refractivity contribution in [2.75, 3.05) is 0 Å². The fourth-order valence-electron chi connectivity index (χ4n) is 3.31. The van der Waals surface area contributed by atoms with Gasteiger partial charge in [-0.05, 0) is 24.5 Å². The van der Waals surface area contributed by atoms with Gasteiger partial charge in [0.15, 0.2) is 0 Å². The Labute approximate surface area is 182 Å². The summed E-state index contributed by atoms with van der Waals surface area (Å²) in [5.41, 5.74) is -0.0811. The molecule has 0 saturated heterocycles. The maximum atomic E-state index is 13.8. The molecule has 2 aromatic carbocycles. The molecule has 1 fully saturated rings. The van der Waals surface area contributed by atoms with Gasteiger partial charge in [-0.2, -0.15) is 0 Å². The van der Waals surface area contributed by atoms with Crippen LogP contribution in [0.5, 0.6) is 0 Å². The first-order valence-corrected chi connectivity index (χ1v) is 10.2. The number of hydrogen-bond donors (Lipinski definition) is 2. The number of amides is 2. The molecule has 1 aliphatic carbocycles. The normalized spacial score (nSPS) is 12.9. The number of benzene rings is 2. The SMILES string of the molecule is O=C(NCc1ccccc1)c1cn(C2CC2)cc(C(=O)NCc2ccc(F)cc2F)c1=O. The Morgan fingerprint density at radius 2 is 1.53 bits per heavy atom. The van der Waals surface area contributed by atoms with E-state index in [1.165, 1.54) is 18.5 Å². The van der Waals surface area contributed by atoms with Crippen LogP contribution in [0.3, 0.4) is 0 Å². The van der Waals surface area contributed by atoms with E-state index in [0.717, 1.165) is 30.5 Å². The highest BCUT2D eigenvalue weighted by Gasteiger charge is 2.27. The molecular formula is C24H21F2N3O3. The molecule has 2 amide bonds. The number of carbonyl (C=O) groups is 2. The number of rotatable bonds is 7. The number of pyridine rings is 1. The van der Waals surface area contributed by atoms with Crippen LogP contribution in [0.25, 0.3) is 0 Å². The van der Waals surface area contributed by atoms with Gasteiger partial charge in [-0.3, -0.25) is 14.4 Å². The number of halogens is 2. The van der Waals surface area contributed by atoms with E-state index in [2.05, 4.69) is 10.6 Å². The van der Waals surface area contributed by atoms with Gasteiger partial charge in [-0.1, -0.05) is 36.4 Å². The Kier molecular flexibility index (Phi) is 6.11. The van der Waals surface area contributed by atoms with E-state index >= 15 is 0 Å². The number of carbonyl (C=O) groups excluding carboxylic acids is 2. The lowest BCUT2D eigenvalue weighted by Crippen LogP contribution is -2.35. The van der Waals surface area contributed by atoms with Crippen LogP contribution in [0.1, 0.15) is 50.7 Å². The van der Waals surface area contributed by atoms with Crippen LogP contribution in [0.15, 0.2) is 65.7 Å². The van der Waals surface area contributed by atoms with Gasteiger partial charge >= 0.3 is 0 Å². The average Bonchev–Trinajstić information content (AvgIpc) is 3.63. The van der Waals surface area contributed by atoms with Gasteiger partial charge in [0.05, 0.1) is 0 Å². The molecule has 2 N–H and O–H groups in total. The summed E-state index contributed by atoms with van der Waals surface area (Å²) in [7, 11) is 0. The van der Waals surface area contributed by atoms with E-state index in [1.54, 1.807) is 4.57 Å². The van der Waals surface area contributed by atoms with Gasteiger partial charge in [0.2, 0.25) is 5.43 Å². The molecule has 6 nitrogen and oxygen atoms in total. The molecule has 0 aliphatic heterocycles. The molecule has 0 unspecified atom stereocenters. The molecule has 1 aromatic heterocycles. The zero-order valence-electron chi connectivity index (χ0n) is 17.1. The maximum absolute atomic E-state index is 13.8. The van der Waals surface area contributed by atoms with E-state index < -0.39 is 28.9 Å². The first-order chi connectivity index (χ1) is 15.4. The third-order valence-electron chi connectivity index (χ3n) is 5.25. The zero-order chi connectivity index (χ0) is 22.7. The van der Waals surface area contributed by atoms with Crippen molar-refractivity contribution in [1.82, 2.24) is 15.2 Å². The van der Waals surface area contributed by atoms with Crippen molar-refractivity contribution in [3.8, 4) is 0 Å². The standard InChI is InChI=1S/C24H21F2N3O3/c25-17-7-6-16(21(26)10-17)12-28-24(32)20-14-29(18-8-9-18)13-19(22(20)30)23(31)27-11-15-4-2-1-3-5-15/h1-7,10,13-14,18H,8-9,11-12H2,(H,27,31)(H,28,32). The number of aromatic nitrogens is 1. The van der Waals surface area contributed by atoms with Crippen molar-refractivity contribution < 1.29 is 18.4 Å². The van der Waals surface area contributed by atoms with Crippen LogP contribution in [0.4, 0.5) is 8.78 Å². The smallest absolute Gasteiger partial charge is 0.257 e. The van der Waals surface area contributed by atoms with Crippen LogP contribution in [0.2, 0.25) is 0 Å². The maximum Gasteiger partial charge on any atom is 0.257 e. The molecule has 0 radical (unpaired) electrons. The molecule has 8 heteroatoms. The van der Waals surface area contributed by atoms with Crippen LogP contribution in [-0.2, 0) is 13.1 Å². The third-order valence-corrected chi connectivity index (χ3v) is 5.25. The van der Waals surface area contributed by atoms with E-state index in [0.29, 0.717) is 0 Å². The number of hydrogen-bond acceptors (Lipinski definition) is 3. The van der Waals surface area contributed by atoms with Crippen LogP contribution >= 0.6 is 0 Å². The van der Waals surface area contributed by atoms with Crippen molar-refractivity contribution >= 4 is 11.8 Å². The second-order valence-electron chi connectivity index (χ2n) is 7.68. The Balaban J connectivity index is 1.54. The van der Waals surface area contributed by atoms with Gasteiger partial charge in [-0.15, -0.1) is 0 Å². The molecule has 0 atom stereocenters. The molecule has 32 heavy (non-hydrogen) atoms. The summed E-state index contributed by atoms with van der Waals surface area (Å²) in [6.07, 6.45) is 4.66. The number of nitrogens with zero attached hydrogens (tertiary/aromatic N) is 1. The highest BCUT2D eigenvalue weighted by molar-refractivity contribution is 5.99. The molecule has 0 bridgehead atoms. The molecule has 4 rings (SSSR count). The molecule has 1 saturated carbocycles. The fourth-order valence-corrected chi connectivity index (χ4v) is 3.31. The lowest BCUT2D eigenvalue weighted by atomic mass is 10.1. The summed E-state index contributed by atoms with van der Waals surface area (Å²) in [5, 5.41) is 5.19. The van der Waals surface area contributed by atoms with Crippen LogP contribution in [-0.4, -0.2) is 16.4 Å². The van der Waals surface area contributed by atoms with Crippen molar-refractivity contribution in [2.24, 2.45) is 0 Å². The third kappa shape index (κ3) is 4.91. The van der Waals surface area contributed by atoms with Crippen LogP contribution < -0.4 is 16.1 Å². The van der Waals surface area contributed by atoms with Gasteiger partial charge in [0, 0.05) is 43.2 Å². The highest BCUT2D eigenvalue weighted by Crippen LogP contribution is 2.34. The van der Waals surface area contributed by atoms with Gasteiger partial charge in [-0.25, -0.2) is 8.78 Å². The summed E-state index contributed by atoms with van der Waals surface area (Å²) < 4.78 is 28.6. The summed E-state index contributed by atoms with van der Waals surface area (Å²) in [4.78, 5) is 38.4. The molecular weight excluding hydrogens is 416 g/mol. The van der Waals surface area contributed by atoms with Crippen molar-refractivity contribution in [2.45, 2.75) is 32.0 Å². The van der Waals surface area contributed by atoms with Gasteiger partial charge < -0.3 is 15.2 Å². The minimum absolute atomic E-state index is 0.0824. The predicted octanol–water partition coefficient (Wildman–Crippen LogP) is 3.32. The largest absolute Gasteiger partial charge is 0.349 e. The van der Waals surface area contributed by atoms with Crippen molar-refractivity contribution in [3.05, 3.63) is 105 Å². The Morgan fingerprint density at radius 3 is 2.12 bits per heavy atom. The summed E-state index contributed by atoms with van der Waals surface area (Å²) in [5.74, 6) is -2.83. The molecule has 3 aromatic rings. The van der Waals surface area contributed by atoms with Crippen molar-refractivity contribution in [1.29, 1.82) is 0 Å². The minimum Gasteiger partial charge on any atom is -0.349 e. The quantitative estimate of drug-likeness (QED) is 0.595. The summed E-state index contributed by atoms with van der Waals surface area (Å²) in [6.45, 7) is 0.0149. The molecule has 0 spiro atoms. The summed E-state index contributed by atoms with van der Waals surface area (Å²) >= 11 is 0. The lowest BCUT2D eigenvalue weighted by molar-refractivity contribution is 0.0947. The Bertz CT molecular complexity index is 1220. The van der Waals surface area contributed by atoms with Gasteiger partial charge in [0.25, 0.3) is 11.8 Å². The second kappa shape index (κ2) is 9.13. The Hall–Kier alpha value is -3.81. The van der Waals surface area contributed by atoms with Crippen LogP contribution in [0, 0.1) is 11.6 Å². The predicted molar refractivity (Wildman–Crippen MR) is 114 cm³/mol. The second-order valence-corrected chi connectivity index (χ2v) is 7.68.